The lowest BCUT2D eigenvalue weighted by molar-refractivity contribution is -0.198. The number of rotatable bonds is 6. The van der Waals surface area contributed by atoms with Crippen molar-refractivity contribution in [2.75, 3.05) is 7.11 Å². The Kier molecular flexibility index (Phi) is 10.3. The van der Waals surface area contributed by atoms with Crippen molar-refractivity contribution in [2.45, 2.75) is 51.6 Å². The molecule has 33 heavy (non-hydrogen) atoms. The van der Waals surface area contributed by atoms with Crippen LogP contribution >= 0.6 is 0 Å². The molecule has 4 saturated carbocycles. The first-order chi connectivity index (χ1) is 15.4. The summed E-state index contributed by atoms with van der Waals surface area (Å²) in [7, 11) is 1.21. The monoisotopic (exact) mass is 462 g/mol. The molecule has 4 rings (SSSR count). The molecule has 0 aromatic heterocycles. The molecular formula is C25H34O8. The highest BCUT2D eigenvalue weighted by Crippen LogP contribution is 2.59. The second-order valence-electron chi connectivity index (χ2n) is 8.81. The minimum Gasteiger partial charge on any atom is -0.478 e. The van der Waals surface area contributed by atoms with Crippen LogP contribution in [0.5, 0.6) is 0 Å². The van der Waals surface area contributed by atoms with E-state index < -0.39 is 17.9 Å². The Balaban J connectivity index is 0.000000285. The fraction of sp³-hybridized carbons (Fsp3) is 0.520. The van der Waals surface area contributed by atoms with Crippen molar-refractivity contribution in [3.8, 4) is 0 Å². The van der Waals surface area contributed by atoms with Gasteiger partial charge in [0.05, 0.1) is 12.7 Å². The fourth-order valence-electron chi connectivity index (χ4n) is 5.06. The van der Waals surface area contributed by atoms with Crippen LogP contribution in [0.3, 0.4) is 0 Å². The van der Waals surface area contributed by atoms with Gasteiger partial charge in [-0.1, -0.05) is 19.7 Å². The van der Waals surface area contributed by atoms with Crippen LogP contribution in [0.4, 0.5) is 0 Å². The van der Waals surface area contributed by atoms with Gasteiger partial charge in [0.15, 0.2) is 0 Å². The lowest BCUT2D eigenvalue weighted by Crippen LogP contribution is -2.57. The highest BCUT2D eigenvalue weighted by Gasteiger charge is 2.56. The molecule has 8 nitrogen and oxygen atoms in total. The van der Waals surface area contributed by atoms with E-state index in [-0.39, 0.29) is 22.7 Å². The lowest BCUT2D eigenvalue weighted by atomic mass is 9.50. The van der Waals surface area contributed by atoms with Gasteiger partial charge >= 0.3 is 23.9 Å². The van der Waals surface area contributed by atoms with Crippen molar-refractivity contribution in [3.63, 3.8) is 0 Å². The summed E-state index contributed by atoms with van der Waals surface area (Å²) in [6.07, 6.45) is 9.81. The number of hydrogen-bond acceptors (Lipinski definition) is 6. The van der Waals surface area contributed by atoms with Crippen LogP contribution in [0.2, 0.25) is 0 Å². The maximum atomic E-state index is 11.5. The van der Waals surface area contributed by atoms with Gasteiger partial charge < -0.3 is 19.7 Å². The molecule has 4 bridgehead atoms. The summed E-state index contributed by atoms with van der Waals surface area (Å²) < 4.78 is 10.0. The second kappa shape index (κ2) is 12.2. The van der Waals surface area contributed by atoms with Crippen molar-refractivity contribution in [1.29, 1.82) is 0 Å². The highest BCUT2D eigenvalue weighted by molar-refractivity contribution is 5.94. The van der Waals surface area contributed by atoms with E-state index in [0.29, 0.717) is 11.8 Å². The number of aliphatic carboxylic acids is 2. The van der Waals surface area contributed by atoms with Gasteiger partial charge in [-0.2, -0.15) is 0 Å². The zero-order valence-electron chi connectivity index (χ0n) is 19.5. The number of carbonyl (C=O) groups is 4. The summed E-state index contributed by atoms with van der Waals surface area (Å²) in [6.45, 7) is 13.3. The molecule has 0 aromatic rings. The third kappa shape index (κ3) is 7.73. The molecule has 0 amide bonds. The van der Waals surface area contributed by atoms with E-state index in [0.717, 1.165) is 24.0 Å². The Morgan fingerprint density at radius 1 is 0.939 bits per heavy atom. The molecule has 182 valence electrons. The normalized spacial score (nSPS) is 28.6. The first-order valence-corrected chi connectivity index (χ1v) is 10.8. The number of carbonyl (C=O) groups excluding carboxylic acids is 2. The standard InChI is InChI=1S/C14H20O2.C8H10O4.C3H4O2/c1-3-13(15)16-14(2)11-5-9-4-10(7-11)8-12(14)6-9;1-5(7(9)10)4-6(2)8(11)12-3;1-2-3(4)5/h3,9-12H,1,4-8H2,2H3;4H,2H2,1,3H3,(H,9,10);2H,1H2,(H,4,5). The van der Waals surface area contributed by atoms with Gasteiger partial charge in [-0.05, 0) is 75.7 Å². The summed E-state index contributed by atoms with van der Waals surface area (Å²) in [5, 5.41) is 16.0. The van der Waals surface area contributed by atoms with E-state index in [4.69, 9.17) is 14.9 Å². The predicted molar refractivity (Wildman–Crippen MR) is 122 cm³/mol. The van der Waals surface area contributed by atoms with Crippen LogP contribution in [-0.4, -0.2) is 46.8 Å². The van der Waals surface area contributed by atoms with Crippen LogP contribution < -0.4 is 0 Å². The van der Waals surface area contributed by atoms with Crippen LogP contribution in [0.1, 0.15) is 46.0 Å². The van der Waals surface area contributed by atoms with Crippen molar-refractivity contribution < 1.29 is 38.9 Å². The zero-order chi connectivity index (χ0) is 25.3. The van der Waals surface area contributed by atoms with Gasteiger partial charge in [-0.25, -0.2) is 19.2 Å². The van der Waals surface area contributed by atoms with Gasteiger partial charge in [-0.3, -0.25) is 0 Å². The summed E-state index contributed by atoms with van der Waals surface area (Å²) in [6, 6.07) is 0. The summed E-state index contributed by atoms with van der Waals surface area (Å²) in [5.74, 6) is 0.104. The maximum absolute atomic E-state index is 11.5. The van der Waals surface area contributed by atoms with E-state index in [1.807, 2.05) is 0 Å². The number of ether oxygens (including phenoxy) is 2. The molecule has 4 aliphatic rings. The summed E-state index contributed by atoms with van der Waals surface area (Å²) in [4.78, 5) is 41.7. The average Bonchev–Trinajstić information content (AvgIpc) is 2.77. The molecule has 4 aliphatic carbocycles. The van der Waals surface area contributed by atoms with E-state index in [2.05, 4.69) is 31.4 Å². The fourth-order valence-corrected chi connectivity index (χ4v) is 5.06. The quantitative estimate of drug-likeness (QED) is 0.345. The molecule has 0 atom stereocenters. The van der Waals surface area contributed by atoms with Crippen molar-refractivity contribution in [2.24, 2.45) is 23.7 Å². The topological polar surface area (TPSA) is 127 Å². The first kappa shape index (κ1) is 27.9. The van der Waals surface area contributed by atoms with Crippen LogP contribution in [0.15, 0.2) is 49.1 Å². The van der Waals surface area contributed by atoms with Crippen molar-refractivity contribution >= 4 is 23.9 Å². The van der Waals surface area contributed by atoms with E-state index in [1.54, 1.807) is 0 Å². The SMILES string of the molecule is C=C(C=C(C)C(=O)O)C(=O)OC.C=CC(=O)O.C=CC(=O)OC1(C)C2CC3CC(C2)CC1C3. The number of carboxylic acids is 2. The van der Waals surface area contributed by atoms with Gasteiger partial charge in [0, 0.05) is 17.7 Å². The first-order valence-electron chi connectivity index (χ1n) is 10.8. The smallest absolute Gasteiger partial charge is 0.337 e. The summed E-state index contributed by atoms with van der Waals surface area (Å²) in [5.41, 5.74) is -0.124. The number of hydrogen-bond donors (Lipinski definition) is 2. The molecule has 0 spiro atoms. The third-order valence-electron chi connectivity index (χ3n) is 6.60. The van der Waals surface area contributed by atoms with Crippen molar-refractivity contribution in [1.82, 2.24) is 0 Å². The van der Waals surface area contributed by atoms with E-state index in [1.165, 1.54) is 52.2 Å². The van der Waals surface area contributed by atoms with Crippen LogP contribution in [-0.2, 0) is 28.7 Å². The van der Waals surface area contributed by atoms with Gasteiger partial charge in [0.1, 0.15) is 5.60 Å². The van der Waals surface area contributed by atoms with Crippen LogP contribution in [0.25, 0.3) is 0 Å². The number of esters is 2. The van der Waals surface area contributed by atoms with E-state index in [9.17, 15) is 19.2 Å². The summed E-state index contributed by atoms with van der Waals surface area (Å²) >= 11 is 0. The minimum atomic E-state index is -1.08. The van der Waals surface area contributed by atoms with E-state index >= 15 is 0 Å². The molecule has 0 aliphatic heterocycles. The third-order valence-corrected chi connectivity index (χ3v) is 6.60. The highest BCUT2D eigenvalue weighted by atomic mass is 16.6. The number of methoxy groups -OCH3 is 1. The average molecular weight is 463 g/mol. The molecule has 8 heteroatoms. The Morgan fingerprint density at radius 3 is 1.73 bits per heavy atom. The predicted octanol–water partition coefficient (Wildman–Crippen LogP) is 3.93. The Hall–Kier alpha value is -3.16. The van der Waals surface area contributed by atoms with Gasteiger partial charge in [-0.15, -0.1) is 0 Å². The van der Waals surface area contributed by atoms with Gasteiger partial charge in [0.25, 0.3) is 0 Å². The molecule has 2 N–H and O–H groups in total. The van der Waals surface area contributed by atoms with Gasteiger partial charge in [0.2, 0.25) is 0 Å². The zero-order valence-corrected chi connectivity index (χ0v) is 19.5. The molecule has 0 aromatic carbocycles. The Morgan fingerprint density at radius 2 is 1.39 bits per heavy atom. The molecule has 0 unspecified atom stereocenters. The molecular weight excluding hydrogens is 428 g/mol. The van der Waals surface area contributed by atoms with Crippen molar-refractivity contribution in [3.05, 3.63) is 49.1 Å². The maximum Gasteiger partial charge on any atom is 0.337 e. The lowest BCUT2D eigenvalue weighted by Gasteiger charge is -2.58. The molecule has 0 saturated heterocycles. The number of carboxylic acid groups (broad SMARTS) is 2. The second-order valence-corrected chi connectivity index (χ2v) is 8.81. The van der Waals surface area contributed by atoms with Crippen LogP contribution in [0, 0.1) is 23.7 Å². The molecule has 4 fully saturated rings. The Labute approximate surface area is 194 Å². The molecule has 0 heterocycles. The molecule has 0 radical (unpaired) electrons. The Bertz CT molecular complexity index is 807. The minimum absolute atomic E-state index is 0.0254. The largest absolute Gasteiger partial charge is 0.478 e.